The SMILES string of the molecule is Cc1ccc(C(O)c2cccc(C(F)F)c2)s1. The lowest BCUT2D eigenvalue weighted by atomic mass is 10.1. The first-order chi connectivity index (χ1) is 8.08. The van der Waals surface area contributed by atoms with Crippen LogP contribution in [0.3, 0.4) is 0 Å². The summed E-state index contributed by atoms with van der Waals surface area (Å²) in [7, 11) is 0. The van der Waals surface area contributed by atoms with Crippen molar-refractivity contribution in [3.05, 3.63) is 57.3 Å². The number of rotatable bonds is 3. The predicted octanol–water partition coefficient (Wildman–Crippen LogP) is 4.08. The Labute approximate surface area is 102 Å². The van der Waals surface area contributed by atoms with Crippen LogP contribution in [0.5, 0.6) is 0 Å². The Morgan fingerprint density at radius 1 is 1.12 bits per heavy atom. The van der Waals surface area contributed by atoms with Gasteiger partial charge in [-0.2, -0.15) is 0 Å². The number of alkyl halides is 2. The molecule has 1 aromatic carbocycles. The standard InChI is InChI=1S/C13H12F2OS/c1-8-5-6-11(17-8)12(16)9-3-2-4-10(7-9)13(14)15/h2-7,12-13,16H,1H3. The third kappa shape index (κ3) is 2.70. The zero-order valence-corrected chi connectivity index (χ0v) is 10.0. The van der Waals surface area contributed by atoms with Gasteiger partial charge in [-0.05, 0) is 30.7 Å². The topological polar surface area (TPSA) is 20.2 Å². The average molecular weight is 254 g/mol. The molecule has 1 atom stereocenters. The van der Waals surface area contributed by atoms with Crippen molar-refractivity contribution in [3.63, 3.8) is 0 Å². The van der Waals surface area contributed by atoms with Crippen molar-refractivity contribution in [3.8, 4) is 0 Å². The van der Waals surface area contributed by atoms with Crippen LogP contribution in [0.4, 0.5) is 8.78 Å². The molecule has 1 nitrogen and oxygen atoms in total. The van der Waals surface area contributed by atoms with Crippen molar-refractivity contribution in [2.24, 2.45) is 0 Å². The summed E-state index contributed by atoms with van der Waals surface area (Å²) in [4.78, 5) is 1.86. The highest BCUT2D eigenvalue weighted by Gasteiger charge is 2.15. The molecule has 0 amide bonds. The van der Waals surface area contributed by atoms with Gasteiger partial charge in [-0.15, -0.1) is 11.3 Å². The molecule has 17 heavy (non-hydrogen) atoms. The van der Waals surface area contributed by atoms with Crippen LogP contribution in [0.1, 0.15) is 33.4 Å². The van der Waals surface area contributed by atoms with Gasteiger partial charge in [-0.3, -0.25) is 0 Å². The maximum Gasteiger partial charge on any atom is 0.263 e. The number of aliphatic hydroxyl groups is 1. The normalized spacial score (nSPS) is 13.0. The fraction of sp³-hybridized carbons (Fsp3) is 0.231. The Morgan fingerprint density at radius 2 is 1.82 bits per heavy atom. The second kappa shape index (κ2) is 4.94. The van der Waals surface area contributed by atoms with E-state index in [1.54, 1.807) is 12.1 Å². The van der Waals surface area contributed by atoms with E-state index in [1.807, 2.05) is 19.1 Å². The largest absolute Gasteiger partial charge is 0.383 e. The van der Waals surface area contributed by atoms with E-state index >= 15 is 0 Å². The lowest BCUT2D eigenvalue weighted by Crippen LogP contribution is -1.98. The minimum atomic E-state index is -2.51. The van der Waals surface area contributed by atoms with Crippen molar-refractivity contribution >= 4 is 11.3 Å². The summed E-state index contributed by atoms with van der Waals surface area (Å²) in [6.07, 6.45) is -3.33. The van der Waals surface area contributed by atoms with Gasteiger partial charge in [0.05, 0.1) is 0 Å². The van der Waals surface area contributed by atoms with Crippen molar-refractivity contribution in [1.29, 1.82) is 0 Å². The van der Waals surface area contributed by atoms with E-state index in [1.165, 1.54) is 23.5 Å². The van der Waals surface area contributed by atoms with Crippen LogP contribution in [0.2, 0.25) is 0 Å². The molecule has 4 heteroatoms. The van der Waals surface area contributed by atoms with Crippen LogP contribution >= 0.6 is 11.3 Å². The van der Waals surface area contributed by atoms with E-state index < -0.39 is 12.5 Å². The van der Waals surface area contributed by atoms with Crippen molar-refractivity contribution in [2.75, 3.05) is 0 Å². The molecule has 0 saturated carbocycles. The number of thiophene rings is 1. The third-order valence-corrected chi connectivity index (χ3v) is 3.56. The molecule has 1 aromatic heterocycles. The van der Waals surface area contributed by atoms with E-state index in [4.69, 9.17) is 0 Å². The summed E-state index contributed by atoms with van der Waals surface area (Å²) in [6, 6.07) is 9.64. The minimum Gasteiger partial charge on any atom is -0.383 e. The summed E-state index contributed by atoms with van der Waals surface area (Å²) in [5, 5.41) is 10.1. The lowest BCUT2D eigenvalue weighted by molar-refractivity contribution is 0.151. The molecule has 0 spiro atoms. The summed E-state index contributed by atoms with van der Waals surface area (Å²) >= 11 is 1.47. The molecule has 1 unspecified atom stereocenters. The van der Waals surface area contributed by atoms with Crippen molar-refractivity contribution < 1.29 is 13.9 Å². The zero-order chi connectivity index (χ0) is 12.4. The molecule has 1 N–H and O–H groups in total. The molecule has 0 fully saturated rings. The van der Waals surface area contributed by atoms with Gasteiger partial charge in [-0.1, -0.05) is 18.2 Å². The summed E-state index contributed by atoms with van der Waals surface area (Å²) in [6.45, 7) is 1.94. The van der Waals surface area contributed by atoms with Crippen LogP contribution in [0, 0.1) is 6.92 Å². The Hall–Kier alpha value is -1.26. The second-order valence-electron chi connectivity index (χ2n) is 3.82. The number of benzene rings is 1. The Balaban J connectivity index is 2.30. The molecule has 0 aliphatic rings. The Morgan fingerprint density at radius 3 is 2.41 bits per heavy atom. The summed E-state index contributed by atoms with van der Waals surface area (Å²) in [5.74, 6) is 0. The van der Waals surface area contributed by atoms with Crippen LogP contribution in [0.15, 0.2) is 36.4 Å². The average Bonchev–Trinajstić information content (AvgIpc) is 2.75. The van der Waals surface area contributed by atoms with Gasteiger partial charge in [0.2, 0.25) is 0 Å². The number of halogens is 2. The molecule has 0 bridgehead atoms. The lowest BCUT2D eigenvalue weighted by Gasteiger charge is -2.10. The molecule has 0 aliphatic carbocycles. The highest BCUT2D eigenvalue weighted by molar-refractivity contribution is 7.12. The predicted molar refractivity (Wildman–Crippen MR) is 64.5 cm³/mol. The van der Waals surface area contributed by atoms with Gasteiger partial charge in [-0.25, -0.2) is 8.78 Å². The van der Waals surface area contributed by atoms with Gasteiger partial charge in [0.1, 0.15) is 6.10 Å². The van der Waals surface area contributed by atoms with Gasteiger partial charge in [0.25, 0.3) is 6.43 Å². The molecule has 0 saturated heterocycles. The monoisotopic (exact) mass is 254 g/mol. The molecular formula is C13H12F2OS. The first-order valence-electron chi connectivity index (χ1n) is 5.20. The number of aryl methyl sites for hydroxylation is 1. The van der Waals surface area contributed by atoms with Crippen molar-refractivity contribution in [1.82, 2.24) is 0 Å². The van der Waals surface area contributed by atoms with E-state index in [0.717, 1.165) is 9.75 Å². The maximum absolute atomic E-state index is 12.5. The fourth-order valence-corrected chi connectivity index (χ4v) is 2.52. The highest BCUT2D eigenvalue weighted by Crippen LogP contribution is 2.30. The highest BCUT2D eigenvalue weighted by atomic mass is 32.1. The van der Waals surface area contributed by atoms with Crippen LogP contribution in [-0.2, 0) is 0 Å². The van der Waals surface area contributed by atoms with E-state index in [2.05, 4.69) is 0 Å². The quantitative estimate of drug-likeness (QED) is 0.875. The van der Waals surface area contributed by atoms with Crippen LogP contribution in [0.25, 0.3) is 0 Å². The van der Waals surface area contributed by atoms with Gasteiger partial charge < -0.3 is 5.11 Å². The minimum absolute atomic E-state index is 0.0603. The van der Waals surface area contributed by atoms with E-state index in [-0.39, 0.29) is 5.56 Å². The Kier molecular flexibility index (Phi) is 3.54. The van der Waals surface area contributed by atoms with Crippen molar-refractivity contribution in [2.45, 2.75) is 19.5 Å². The van der Waals surface area contributed by atoms with Gasteiger partial charge in [0, 0.05) is 15.3 Å². The van der Waals surface area contributed by atoms with Crippen LogP contribution in [-0.4, -0.2) is 5.11 Å². The molecule has 2 aromatic rings. The van der Waals surface area contributed by atoms with Crippen LogP contribution < -0.4 is 0 Å². The maximum atomic E-state index is 12.5. The van der Waals surface area contributed by atoms with E-state index in [9.17, 15) is 13.9 Å². The summed E-state index contributed by atoms with van der Waals surface area (Å²) < 4.78 is 25.1. The first-order valence-corrected chi connectivity index (χ1v) is 6.02. The van der Waals surface area contributed by atoms with Gasteiger partial charge in [0.15, 0.2) is 0 Å². The zero-order valence-electron chi connectivity index (χ0n) is 9.23. The van der Waals surface area contributed by atoms with E-state index in [0.29, 0.717) is 5.56 Å². The third-order valence-electron chi connectivity index (χ3n) is 2.51. The molecule has 2 rings (SSSR count). The first kappa shape index (κ1) is 12.2. The second-order valence-corrected chi connectivity index (χ2v) is 5.14. The summed E-state index contributed by atoms with van der Waals surface area (Å²) in [5.41, 5.74) is 0.444. The molecule has 0 radical (unpaired) electrons. The fourth-order valence-electron chi connectivity index (χ4n) is 1.63. The smallest absolute Gasteiger partial charge is 0.263 e. The molecule has 1 heterocycles. The number of hydrogen-bond donors (Lipinski definition) is 1. The molecular weight excluding hydrogens is 242 g/mol. The molecule has 90 valence electrons. The number of hydrogen-bond acceptors (Lipinski definition) is 2. The Bertz CT molecular complexity index is 508. The molecule has 0 aliphatic heterocycles. The number of aliphatic hydroxyl groups excluding tert-OH is 1. The van der Waals surface area contributed by atoms with Gasteiger partial charge >= 0.3 is 0 Å².